The van der Waals surface area contributed by atoms with Crippen LogP contribution in [0.3, 0.4) is 0 Å². The van der Waals surface area contributed by atoms with Crippen molar-refractivity contribution in [2.45, 2.75) is 24.4 Å². The highest BCUT2D eigenvalue weighted by atomic mass is 127. The Morgan fingerprint density at radius 2 is 0.763 bits per heavy atom. The highest BCUT2D eigenvalue weighted by Crippen LogP contribution is 2.38. The number of aliphatic hydroxyl groups excluding tert-OH is 9. The minimum atomic E-state index is -1.58. The van der Waals surface area contributed by atoms with Gasteiger partial charge in [0.05, 0.1) is 92.1 Å². The Hall–Kier alpha value is -0.720. The zero-order valence-corrected chi connectivity index (χ0v) is 43.0. The Labute approximate surface area is 417 Å². The van der Waals surface area contributed by atoms with Crippen LogP contribution < -0.4 is 26.6 Å². The van der Waals surface area contributed by atoms with Crippen molar-refractivity contribution < 1.29 is 74.7 Å². The van der Waals surface area contributed by atoms with Crippen molar-refractivity contribution in [2.24, 2.45) is 0 Å². The second-order valence-corrected chi connectivity index (χ2v) is 18.5. The molecule has 4 unspecified atom stereocenters. The van der Waals surface area contributed by atoms with Gasteiger partial charge < -0.3 is 77.4 Å². The van der Waals surface area contributed by atoms with Gasteiger partial charge in [-0.05, 0) is 136 Å². The third kappa shape index (κ3) is 14.9. The van der Waals surface area contributed by atoms with Crippen LogP contribution in [0.25, 0.3) is 0 Å². The van der Waals surface area contributed by atoms with E-state index in [0.717, 1.165) is 4.90 Å². The molecule has 0 aliphatic rings. The van der Waals surface area contributed by atoms with E-state index in [1.807, 2.05) is 0 Å². The summed E-state index contributed by atoms with van der Waals surface area (Å²) >= 11 is 10.4. The van der Waals surface area contributed by atoms with E-state index < -0.39 is 113 Å². The summed E-state index contributed by atoms with van der Waals surface area (Å²) in [6.45, 7) is -6.51. The molecule has 2 aromatic rings. The number of benzene rings is 2. The predicted octanol–water partition coefficient (Wildman–Crippen LogP) is -2.07. The second-order valence-electron chi connectivity index (χ2n) is 12.0. The zero-order valence-electron chi connectivity index (χ0n) is 30.1. The molecule has 0 aromatic heterocycles. The molecule has 6 amide bonds. The first-order valence-corrected chi connectivity index (χ1v) is 23.1. The van der Waals surface area contributed by atoms with Crippen LogP contribution in [0.1, 0.15) is 41.4 Å². The van der Waals surface area contributed by atoms with Crippen molar-refractivity contribution >= 4 is 182 Å². The van der Waals surface area contributed by atoms with E-state index >= 15 is 0 Å². The molecule has 27 heteroatoms. The van der Waals surface area contributed by atoms with E-state index in [1.165, 1.54) is 0 Å². The summed E-state index contributed by atoms with van der Waals surface area (Å²) < 4.78 is 0.643. The minimum Gasteiger partial charge on any atom is -0.394 e. The molecule has 0 saturated heterocycles. The fourth-order valence-corrected chi connectivity index (χ4v) is 13.5. The molecule has 0 aliphatic carbocycles. The molecule has 21 nitrogen and oxygen atoms in total. The van der Waals surface area contributed by atoms with Crippen molar-refractivity contribution in [3.63, 3.8) is 0 Å². The quantitative estimate of drug-likeness (QED) is 0.0598. The first-order chi connectivity index (χ1) is 27.7. The smallest absolute Gasteiger partial charge is 0.256 e. The third-order valence-electron chi connectivity index (χ3n) is 7.62. The molecular formula is C32H38I6N6O15. The SMILES string of the molecule is O=C(CO)Nc1c(I)c(C(=O)NCC(O)CO)c(I)c(C(=O)NCC(O)CN(CC(O)CO)C(=O)c2c(I)c(NC(=O)CO)c(I)c(C(=O)NCC(O)CO)c2I)c1I. The summed E-state index contributed by atoms with van der Waals surface area (Å²) in [5.74, 6) is -5.13. The topological polar surface area (TPSA) is 348 Å². The van der Waals surface area contributed by atoms with E-state index in [1.54, 1.807) is 136 Å². The lowest BCUT2D eigenvalue weighted by Crippen LogP contribution is -2.47. The lowest BCUT2D eigenvalue weighted by molar-refractivity contribution is -0.119. The molecule has 4 atom stereocenters. The summed E-state index contributed by atoms with van der Waals surface area (Å²) in [6.07, 6.45) is -5.75. The monoisotopic (exact) mass is 1510 g/mol. The van der Waals surface area contributed by atoms with Crippen molar-refractivity contribution in [1.82, 2.24) is 20.9 Å². The van der Waals surface area contributed by atoms with Gasteiger partial charge in [0.15, 0.2) is 0 Å². The number of halogens is 6. The summed E-state index contributed by atoms with van der Waals surface area (Å²) in [7, 11) is 0. The van der Waals surface area contributed by atoms with Gasteiger partial charge in [0.1, 0.15) is 13.2 Å². The van der Waals surface area contributed by atoms with Crippen LogP contribution in [0, 0.1) is 21.4 Å². The van der Waals surface area contributed by atoms with Crippen molar-refractivity contribution in [1.29, 1.82) is 0 Å². The summed E-state index contributed by atoms with van der Waals surface area (Å²) in [6, 6.07) is 0. The van der Waals surface area contributed by atoms with Gasteiger partial charge in [-0.2, -0.15) is 0 Å². The van der Waals surface area contributed by atoms with Gasteiger partial charge in [0.25, 0.3) is 23.6 Å². The molecule has 0 bridgehead atoms. The van der Waals surface area contributed by atoms with E-state index in [0.29, 0.717) is 0 Å². The largest absolute Gasteiger partial charge is 0.394 e. The third-order valence-corrected chi connectivity index (χ3v) is 14.1. The Morgan fingerprint density at radius 1 is 0.458 bits per heavy atom. The molecule has 0 radical (unpaired) electrons. The predicted molar refractivity (Wildman–Crippen MR) is 259 cm³/mol. The number of hydrogen-bond acceptors (Lipinski definition) is 15. The van der Waals surface area contributed by atoms with Crippen LogP contribution >= 0.6 is 136 Å². The molecule has 0 spiro atoms. The normalized spacial score (nSPS) is 13.1. The molecule has 0 saturated carbocycles. The molecule has 0 aliphatic heterocycles. The van der Waals surface area contributed by atoms with E-state index in [4.69, 9.17) is 5.11 Å². The van der Waals surface area contributed by atoms with E-state index in [-0.39, 0.29) is 68.1 Å². The highest BCUT2D eigenvalue weighted by molar-refractivity contribution is 14.1. The fraction of sp³-hybridized carbons (Fsp3) is 0.438. The van der Waals surface area contributed by atoms with Crippen LogP contribution in [-0.4, -0.2) is 176 Å². The van der Waals surface area contributed by atoms with Crippen LogP contribution in [0.2, 0.25) is 0 Å². The molecule has 2 rings (SSSR count). The number of anilines is 2. The van der Waals surface area contributed by atoms with E-state index in [9.17, 15) is 69.6 Å². The average molecular weight is 1510 g/mol. The first kappa shape index (κ1) is 54.4. The van der Waals surface area contributed by atoms with Crippen molar-refractivity contribution in [2.75, 3.05) is 76.4 Å². The zero-order chi connectivity index (χ0) is 44.9. The van der Waals surface area contributed by atoms with E-state index in [2.05, 4.69) is 26.6 Å². The lowest BCUT2D eigenvalue weighted by atomic mass is 10.1. The van der Waals surface area contributed by atoms with Gasteiger partial charge >= 0.3 is 0 Å². The highest BCUT2D eigenvalue weighted by Gasteiger charge is 2.33. The maximum atomic E-state index is 14.4. The second kappa shape index (κ2) is 26.2. The number of rotatable bonds is 21. The van der Waals surface area contributed by atoms with Gasteiger partial charge in [-0.15, -0.1) is 0 Å². The summed E-state index contributed by atoms with van der Waals surface area (Å²) in [5.41, 5.74) is -0.635. The maximum Gasteiger partial charge on any atom is 0.256 e. The summed E-state index contributed by atoms with van der Waals surface area (Å²) in [4.78, 5) is 80.3. The van der Waals surface area contributed by atoms with Gasteiger partial charge in [-0.25, -0.2) is 0 Å². The van der Waals surface area contributed by atoms with Crippen molar-refractivity contribution in [3.8, 4) is 0 Å². The number of aliphatic hydroxyl groups is 9. The molecular weight excluding hydrogens is 1470 g/mol. The average Bonchev–Trinajstić information content (AvgIpc) is 3.20. The van der Waals surface area contributed by atoms with Gasteiger partial charge in [0, 0.05) is 39.9 Å². The number of nitrogens with one attached hydrogen (secondary N) is 5. The van der Waals surface area contributed by atoms with Crippen LogP contribution in [0.5, 0.6) is 0 Å². The lowest BCUT2D eigenvalue weighted by Gasteiger charge is -2.29. The number of carbonyl (C=O) groups excluding carboxylic acids is 6. The van der Waals surface area contributed by atoms with Crippen LogP contribution in [0.15, 0.2) is 0 Å². The molecule has 328 valence electrons. The fourth-order valence-electron chi connectivity index (χ4n) is 4.75. The standard InChI is InChI=1S/C32H38I6N6O15/c33-21-17(23(35)27(42-15(54)9-48)24(36)18(21)30(57)40-2-12(51)6-45)29(56)39-1-11(50)4-44(5-14(53)8-47)32(59)20-22(34)19(31(58)41-3-13(52)7-46)25(37)28(26(20)38)43-16(55)10-49/h11-14,45-53H,1-10H2,(H,39,56)(H,40,57)(H,41,58)(H,42,54)(H,43,55). The summed E-state index contributed by atoms with van der Waals surface area (Å²) in [5, 5.41) is 100. The Morgan fingerprint density at radius 3 is 1.10 bits per heavy atom. The molecule has 0 heterocycles. The molecule has 0 fully saturated rings. The number of amides is 6. The molecule has 14 N–H and O–H groups in total. The van der Waals surface area contributed by atoms with Crippen LogP contribution in [-0.2, 0) is 9.59 Å². The molecule has 59 heavy (non-hydrogen) atoms. The Kier molecular flexibility index (Phi) is 24.1. The Bertz CT molecular complexity index is 1910. The number of hydrogen-bond donors (Lipinski definition) is 14. The van der Waals surface area contributed by atoms with Crippen molar-refractivity contribution in [3.05, 3.63) is 43.7 Å². The minimum absolute atomic E-state index is 0.00659. The van der Waals surface area contributed by atoms with Gasteiger partial charge in [-0.3, -0.25) is 28.8 Å². The molecule has 2 aromatic carbocycles. The van der Waals surface area contributed by atoms with Gasteiger partial charge in [-0.1, -0.05) is 0 Å². The van der Waals surface area contributed by atoms with Crippen LogP contribution in [0.4, 0.5) is 11.4 Å². The maximum absolute atomic E-state index is 14.4. The van der Waals surface area contributed by atoms with Gasteiger partial charge in [0.2, 0.25) is 11.8 Å². The number of nitrogens with zero attached hydrogens (tertiary/aromatic N) is 1. The number of carbonyl (C=O) groups is 6. The Balaban J connectivity index is 2.59. The first-order valence-electron chi connectivity index (χ1n) is 16.6.